The summed E-state index contributed by atoms with van der Waals surface area (Å²) >= 11 is 0. The Morgan fingerprint density at radius 2 is 1.28 bits per heavy atom. The first-order valence-corrected chi connectivity index (χ1v) is 39.2. The maximum atomic E-state index is 12.7. The number of aromatic hydroxyl groups is 4. The van der Waals surface area contributed by atoms with E-state index in [4.69, 9.17) is 14.2 Å². The van der Waals surface area contributed by atoms with Crippen LogP contribution in [-0.4, -0.2) is 176 Å². The number of para-hydroxylation sites is 1. The number of likely N-dealkylation sites (N-methyl/N-ethyl adjacent to an activating group) is 1. The lowest BCUT2D eigenvalue weighted by atomic mass is 9.49. The lowest BCUT2D eigenvalue weighted by molar-refractivity contribution is -0.188. The number of aliphatic hydroxyl groups is 2. The van der Waals surface area contributed by atoms with Gasteiger partial charge in [0, 0.05) is 120 Å². The summed E-state index contributed by atoms with van der Waals surface area (Å²) in [4.78, 5) is 87.3. The van der Waals surface area contributed by atoms with Gasteiger partial charge in [-0.1, -0.05) is 97.9 Å². The van der Waals surface area contributed by atoms with Gasteiger partial charge in [-0.2, -0.15) is 0 Å². The van der Waals surface area contributed by atoms with Gasteiger partial charge in [-0.3, -0.25) is 38.1 Å². The van der Waals surface area contributed by atoms with Crippen molar-refractivity contribution in [1.29, 1.82) is 0 Å². The molecule has 5 aliphatic carbocycles. The van der Waals surface area contributed by atoms with Crippen molar-refractivity contribution in [2.45, 2.75) is 188 Å². The number of aryl methyl sites for hydroxylation is 2. The number of fused-ring (bicyclic) bond motifs is 7. The molecular formula is C87H98N8O15. The number of rotatable bonds is 12. The van der Waals surface area contributed by atoms with Gasteiger partial charge in [-0.25, -0.2) is 9.78 Å². The summed E-state index contributed by atoms with van der Waals surface area (Å²) in [6.45, 7) is 15.3. The molecule has 9 heterocycles. The van der Waals surface area contributed by atoms with Gasteiger partial charge in [-0.05, 0) is 155 Å². The number of anilines is 1. The van der Waals surface area contributed by atoms with Crippen LogP contribution in [0.5, 0.6) is 40.2 Å². The minimum atomic E-state index is -1.00. The minimum Gasteiger partial charge on any atom is -0.508 e. The minimum absolute atomic E-state index is 0.0408. The molecule has 2 aromatic heterocycles. The molecule has 23 heteroatoms. The van der Waals surface area contributed by atoms with E-state index in [0.717, 1.165) is 111 Å². The van der Waals surface area contributed by atoms with E-state index >= 15 is 0 Å². The number of phenolic OH excluding ortho intramolecular Hbond substituents is 4. The van der Waals surface area contributed by atoms with Crippen LogP contribution in [0.1, 0.15) is 164 Å². The summed E-state index contributed by atoms with van der Waals surface area (Å²) in [7, 11) is 3.86. The number of ketones is 4. The number of benzene rings is 6. The normalized spacial score (nSPS) is 27.2. The predicted octanol–water partition coefficient (Wildman–Crippen LogP) is 9.78. The summed E-state index contributed by atoms with van der Waals surface area (Å²) in [5, 5.41) is 63.6. The number of hydrogen-bond donors (Lipinski definition) is 6. The molecule has 23 nitrogen and oxygen atoms in total. The first-order chi connectivity index (χ1) is 53.0. The predicted molar refractivity (Wildman–Crippen MR) is 413 cm³/mol. The number of unbranched alkanes of at least 4 members (excludes halogenated alkanes) is 1. The molecular weight excluding hydrogens is 1400 g/mol. The molecule has 6 aromatic carbocycles. The third kappa shape index (κ3) is 12.3. The second-order valence-electron chi connectivity index (χ2n) is 32.3. The Labute approximate surface area is 638 Å². The monoisotopic (exact) mass is 1490 g/mol. The number of piperazine rings is 1. The van der Waals surface area contributed by atoms with Gasteiger partial charge in [0.15, 0.2) is 63.7 Å². The van der Waals surface area contributed by atoms with Crippen molar-refractivity contribution in [3.8, 4) is 40.2 Å². The van der Waals surface area contributed by atoms with E-state index < -0.39 is 34.2 Å². The number of carbonyl (C=O) groups excluding carboxylic acids is 4. The molecule has 7 aliphatic heterocycles. The van der Waals surface area contributed by atoms with Gasteiger partial charge in [0.25, 0.3) is 5.56 Å². The van der Waals surface area contributed by atoms with Crippen LogP contribution in [0.4, 0.5) is 5.69 Å². The third-order valence-electron chi connectivity index (χ3n) is 25.9. The second kappa shape index (κ2) is 29.1. The second-order valence-corrected chi connectivity index (χ2v) is 32.3. The van der Waals surface area contributed by atoms with E-state index in [1.54, 1.807) is 37.0 Å². The molecule has 6 N–H and O–H groups in total. The van der Waals surface area contributed by atoms with E-state index in [2.05, 4.69) is 86.7 Å². The smallest absolute Gasteiger partial charge is 0.332 e. The fraction of sp³-hybridized carbons (Fsp3) is 0.460. The van der Waals surface area contributed by atoms with Crippen molar-refractivity contribution in [2.75, 3.05) is 57.8 Å². The molecule has 576 valence electrons. The van der Waals surface area contributed by atoms with Gasteiger partial charge in [0.1, 0.15) is 34.7 Å². The number of piperidine rings is 2. The first-order valence-electron chi connectivity index (χ1n) is 39.2. The Morgan fingerprint density at radius 3 is 1.92 bits per heavy atom. The van der Waals surface area contributed by atoms with E-state index in [-0.39, 0.29) is 93.3 Å². The van der Waals surface area contributed by atoms with Crippen LogP contribution < -0.4 is 30.4 Å². The van der Waals surface area contributed by atoms with Crippen molar-refractivity contribution < 1.29 is 64.0 Å². The fourth-order valence-corrected chi connectivity index (χ4v) is 20.6. The lowest BCUT2D eigenvalue weighted by Crippen LogP contribution is -2.76. The van der Waals surface area contributed by atoms with E-state index in [1.165, 1.54) is 50.4 Å². The van der Waals surface area contributed by atoms with Gasteiger partial charge < -0.3 is 64.0 Å². The molecule has 8 aromatic rings. The lowest BCUT2D eigenvalue weighted by Gasteiger charge is -2.62. The largest absolute Gasteiger partial charge is 0.508 e. The van der Waals surface area contributed by atoms with Crippen LogP contribution >= 0.6 is 0 Å². The Bertz CT molecular complexity index is 5110. The van der Waals surface area contributed by atoms with E-state index in [1.807, 2.05) is 55.5 Å². The number of imidazole rings is 1. The van der Waals surface area contributed by atoms with Crippen LogP contribution in [0.15, 0.2) is 144 Å². The Balaban J connectivity index is 0.000000105. The van der Waals surface area contributed by atoms with Gasteiger partial charge in [0.05, 0.1) is 40.8 Å². The molecule has 12 aliphatic rings. The van der Waals surface area contributed by atoms with Crippen molar-refractivity contribution in [1.82, 2.24) is 33.4 Å². The van der Waals surface area contributed by atoms with Gasteiger partial charge in [-0.15, -0.1) is 6.58 Å². The van der Waals surface area contributed by atoms with Crippen molar-refractivity contribution in [3.63, 3.8) is 0 Å². The zero-order valence-corrected chi connectivity index (χ0v) is 63.0. The number of carbonyl (C=O) groups is 4. The van der Waals surface area contributed by atoms with Crippen molar-refractivity contribution in [3.05, 3.63) is 205 Å². The average Bonchev–Trinajstić information content (AvgIpc) is 1.44. The number of Topliss-reactive ketones (excluding diaryl/α,β-unsaturated/α-hetero) is 4. The summed E-state index contributed by atoms with van der Waals surface area (Å²) in [6, 6.07) is 37.5. The maximum Gasteiger partial charge on any atom is 0.332 e. The number of phenols is 4. The quantitative estimate of drug-likeness (QED) is 0.0490. The summed E-state index contributed by atoms with van der Waals surface area (Å²) in [5.41, 5.74) is 7.87. The van der Waals surface area contributed by atoms with Crippen LogP contribution in [-0.2, 0) is 64.6 Å². The SMILES string of the molecule is C=CCN1CC[C@]23c4c5ccc(O)c4O[C@H]2C(=O)CC[C@@]3(O)[C@H]1C5.CCCn1cnc2c1c(=O)n(CCCCC(C)=O)c(=O)n2C.CN1CCN2c3ccccc3Cc3ccccc3C2C1.O=C1CC(c2ccccc2)Oc2cc(O)cc(O)c21.O=C1CC[C@@]2(O)[C@H]3Cc4ccc(O)c5c4[C@@]2(CCN3CC2CC2)[C@H]1O5. The zero-order valence-electron chi connectivity index (χ0n) is 63.0. The number of nitrogens with zero attached hydrogens (tertiary/aromatic N) is 8. The topological polar surface area (TPSA) is 292 Å². The van der Waals surface area contributed by atoms with Crippen LogP contribution in [0.2, 0.25) is 0 Å². The average molecular weight is 1500 g/mol. The first kappa shape index (κ1) is 74.2. The Hall–Kier alpha value is -9.91. The molecule has 0 amide bonds. The molecule has 2 spiro atoms. The molecule has 4 bridgehead atoms. The third-order valence-corrected chi connectivity index (χ3v) is 25.9. The molecule has 0 radical (unpaired) electrons. The highest BCUT2D eigenvalue weighted by Crippen LogP contribution is 2.67. The Kier molecular flexibility index (Phi) is 19.6. The highest BCUT2D eigenvalue weighted by Gasteiger charge is 2.75. The molecule has 6 fully saturated rings. The number of aromatic nitrogens is 4. The van der Waals surface area contributed by atoms with Crippen LogP contribution in [0.3, 0.4) is 0 Å². The maximum absolute atomic E-state index is 12.7. The van der Waals surface area contributed by atoms with Gasteiger partial charge >= 0.3 is 5.69 Å². The van der Waals surface area contributed by atoms with Crippen molar-refractivity contribution in [2.24, 2.45) is 13.0 Å². The Morgan fingerprint density at radius 1 is 0.664 bits per heavy atom. The molecule has 3 saturated heterocycles. The molecule has 110 heavy (non-hydrogen) atoms. The summed E-state index contributed by atoms with van der Waals surface area (Å²) in [6.07, 6.45) is 12.8. The molecule has 20 rings (SSSR count). The number of likely N-dealkylation sites (tertiary alicyclic amines) is 2. The van der Waals surface area contributed by atoms with Crippen LogP contribution in [0, 0.1) is 5.92 Å². The summed E-state index contributed by atoms with van der Waals surface area (Å²) in [5.74, 6) is 1.70. The van der Waals surface area contributed by atoms with E-state index in [0.29, 0.717) is 99.6 Å². The molecule has 2 unspecified atom stereocenters. The number of ether oxygens (including phenoxy) is 3. The standard InChI is InChI=1S/C20H23NO4.C19H21NO4.C18H20N2.C15H22N4O3.C15H12O4/c22-13-4-3-12-9-15-20(24)6-5-14(23)18-19(20,16(12)17(13)25-18)7-8-21(15)10-11-1-2-11;1-2-8-20-9-7-18-15-11-3-4-12(21)16(15)24-17(18)13(22)5-6-19(18,23)14(20)10-11;1-19-10-11-20-17-9-5-3-7-15(17)12-14-6-2-4-8-16(14)18(20)13-19;1-4-8-18-10-16-13-12(18)14(21)19(15(22)17(13)3)9-6-5-7-11(2)20;16-10-6-11(17)15-12(18)8-13(19-14(15)7-10)9-4-2-1-3-5-9/h3-4,11,15,18,22,24H,1-2,5-10H2;2-4,14,17,21,23H,1,5-10H2;2-9,18H,10-13H2,1H3;10H,4-9H2,1-3H3;1-7,13,16-17H,8H2/t15-,18+,19+,20-;14-,17+,18+,19-;;;/m11.../s1. The highest BCUT2D eigenvalue weighted by molar-refractivity contribution is 6.02. The van der Waals surface area contributed by atoms with Crippen molar-refractivity contribution >= 4 is 40.0 Å². The molecule has 3 saturated carbocycles. The summed E-state index contributed by atoms with van der Waals surface area (Å²) < 4.78 is 22.2. The van der Waals surface area contributed by atoms with E-state index in [9.17, 15) is 59.4 Å². The fourth-order valence-electron chi connectivity index (χ4n) is 20.6. The molecule has 10 atom stereocenters. The zero-order chi connectivity index (χ0) is 76.9. The van der Waals surface area contributed by atoms with Crippen LogP contribution in [0.25, 0.3) is 11.2 Å². The van der Waals surface area contributed by atoms with Gasteiger partial charge in [0.2, 0.25) is 0 Å². The highest BCUT2D eigenvalue weighted by atomic mass is 16.5. The number of hydrogen-bond acceptors (Lipinski definition) is 20.